The van der Waals surface area contributed by atoms with Crippen molar-refractivity contribution in [2.75, 3.05) is 11.9 Å². The van der Waals surface area contributed by atoms with Gasteiger partial charge in [-0.2, -0.15) is 0 Å². The molecule has 5 nitrogen and oxygen atoms in total. The van der Waals surface area contributed by atoms with Gasteiger partial charge >= 0.3 is 0 Å². The van der Waals surface area contributed by atoms with Crippen LogP contribution in [-0.2, 0) is 16.1 Å². The summed E-state index contributed by atoms with van der Waals surface area (Å²) in [4.78, 5) is 12.2. The average Bonchev–Trinajstić information content (AvgIpc) is 2.72. The molecule has 0 saturated heterocycles. The van der Waals surface area contributed by atoms with Crippen molar-refractivity contribution in [1.29, 1.82) is 0 Å². The van der Waals surface area contributed by atoms with Crippen molar-refractivity contribution >= 4 is 23.2 Å². The van der Waals surface area contributed by atoms with Crippen LogP contribution in [0.15, 0.2) is 72.8 Å². The van der Waals surface area contributed by atoms with Crippen LogP contribution in [0.25, 0.3) is 0 Å². The van der Waals surface area contributed by atoms with E-state index in [0.717, 1.165) is 5.56 Å². The van der Waals surface area contributed by atoms with Crippen molar-refractivity contribution in [3.8, 4) is 11.5 Å². The second-order valence-corrected chi connectivity index (χ2v) is 6.69. The molecule has 1 atom stereocenters. The van der Waals surface area contributed by atoms with E-state index in [-0.39, 0.29) is 24.9 Å². The largest absolute Gasteiger partial charge is 0.457 e. The third-order valence-corrected chi connectivity index (χ3v) is 4.39. The van der Waals surface area contributed by atoms with Gasteiger partial charge in [-0.3, -0.25) is 4.79 Å². The van der Waals surface area contributed by atoms with E-state index >= 15 is 0 Å². The molecular weight excluding hydrogens is 395 g/mol. The Bertz CT molecular complexity index is 949. The number of halogens is 2. The number of ether oxygens (including phenoxy) is 2. The normalized spacial score (nSPS) is 11.7. The van der Waals surface area contributed by atoms with E-state index in [4.69, 9.17) is 26.8 Å². The molecular formula is C22H20ClFN2O3. The Morgan fingerprint density at radius 1 is 1.00 bits per heavy atom. The van der Waals surface area contributed by atoms with Crippen molar-refractivity contribution in [2.45, 2.75) is 12.6 Å². The summed E-state index contributed by atoms with van der Waals surface area (Å²) in [6.45, 7) is 0.332. The van der Waals surface area contributed by atoms with Gasteiger partial charge in [0, 0.05) is 10.7 Å². The molecule has 0 fully saturated rings. The summed E-state index contributed by atoms with van der Waals surface area (Å²) in [6, 6.07) is 19.0. The topological polar surface area (TPSA) is 73.6 Å². The van der Waals surface area contributed by atoms with E-state index in [0.29, 0.717) is 22.2 Å². The maximum absolute atomic E-state index is 12.9. The number of nitrogens with one attached hydrogen (secondary N) is 1. The van der Waals surface area contributed by atoms with Gasteiger partial charge in [0.15, 0.2) is 0 Å². The van der Waals surface area contributed by atoms with Gasteiger partial charge in [-0.05, 0) is 60.2 Å². The number of carbonyl (C=O) groups excluding carboxylic acids is 1. The highest BCUT2D eigenvalue weighted by Gasteiger charge is 2.14. The van der Waals surface area contributed by atoms with E-state index in [2.05, 4.69) is 5.32 Å². The molecule has 0 saturated carbocycles. The van der Waals surface area contributed by atoms with Crippen LogP contribution in [0.3, 0.4) is 0 Å². The van der Waals surface area contributed by atoms with Crippen LogP contribution < -0.4 is 15.8 Å². The molecule has 0 aliphatic rings. The summed E-state index contributed by atoms with van der Waals surface area (Å²) in [5.74, 6) is 0.377. The van der Waals surface area contributed by atoms with Gasteiger partial charge in [0.2, 0.25) is 5.91 Å². The maximum atomic E-state index is 12.9. The number of hydrogen-bond acceptors (Lipinski definition) is 4. The van der Waals surface area contributed by atoms with Crippen LogP contribution in [-0.4, -0.2) is 18.6 Å². The molecule has 0 aliphatic heterocycles. The molecule has 3 N–H and O–H groups in total. The van der Waals surface area contributed by atoms with Gasteiger partial charge in [-0.1, -0.05) is 29.8 Å². The van der Waals surface area contributed by atoms with Gasteiger partial charge in [0.1, 0.15) is 23.4 Å². The minimum absolute atomic E-state index is 0.0584. The molecule has 0 bridgehead atoms. The zero-order valence-electron chi connectivity index (χ0n) is 15.5. The lowest BCUT2D eigenvalue weighted by molar-refractivity contribution is -0.118. The molecule has 3 rings (SSSR count). The highest BCUT2D eigenvalue weighted by atomic mass is 35.5. The Morgan fingerprint density at radius 2 is 1.62 bits per heavy atom. The Morgan fingerprint density at radius 3 is 2.28 bits per heavy atom. The second kappa shape index (κ2) is 10.0. The first-order chi connectivity index (χ1) is 14.0. The van der Waals surface area contributed by atoms with Crippen LogP contribution in [0.5, 0.6) is 11.5 Å². The molecule has 0 radical (unpaired) electrons. The standard InChI is InChI=1S/C22H20ClFN2O3/c23-20-4-2-1-3-15(20)13-28-14-21(25)22(27)26-17-7-11-19(12-8-17)29-18-9-5-16(24)6-10-18/h1-12,21H,13-14,25H2,(H,26,27). The Balaban J connectivity index is 1.46. The first kappa shape index (κ1) is 20.8. The molecule has 150 valence electrons. The zero-order chi connectivity index (χ0) is 20.6. The van der Waals surface area contributed by atoms with Gasteiger partial charge in [0.05, 0.1) is 13.2 Å². The van der Waals surface area contributed by atoms with E-state index in [1.807, 2.05) is 18.2 Å². The Kier molecular flexibility index (Phi) is 7.19. The summed E-state index contributed by atoms with van der Waals surface area (Å²) in [6.07, 6.45) is 0. The summed E-state index contributed by atoms with van der Waals surface area (Å²) < 4.78 is 24.0. The fraction of sp³-hybridized carbons (Fsp3) is 0.136. The molecule has 0 heterocycles. The summed E-state index contributed by atoms with van der Waals surface area (Å²) in [5.41, 5.74) is 7.29. The highest BCUT2D eigenvalue weighted by Crippen LogP contribution is 2.23. The molecule has 3 aromatic carbocycles. The predicted octanol–water partition coefficient (Wildman–Crippen LogP) is 4.75. The molecule has 1 amide bonds. The molecule has 0 aromatic heterocycles. The SMILES string of the molecule is NC(COCc1ccccc1Cl)C(=O)Nc1ccc(Oc2ccc(F)cc2)cc1. The third-order valence-electron chi connectivity index (χ3n) is 4.02. The summed E-state index contributed by atoms with van der Waals surface area (Å²) >= 11 is 6.06. The lowest BCUT2D eigenvalue weighted by atomic mass is 10.2. The molecule has 0 spiro atoms. The number of anilines is 1. The monoisotopic (exact) mass is 414 g/mol. The summed E-state index contributed by atoms with van der Waals surface area (Å²) in [7, 11) is 0. The van der Waals surface area contributed by atoms with Crippen molar-refractivity contribution in [2.24, 2.45) is 5.73 Å². The first-order valence-electron chi connectivity index (χ1n) is 8.92. The summed E-state index contributed by atoms with van der Waals surface area (Å²) in [5, 5.41) is 3.33. The maximum Gasteiger partial charge on any atom is 0.243 e. The van der Waals surface area contributed by atoms with Crippen LogP contribution in [0.2, 0.25) is 5.02 Å². The highest BCUT2D eigenvalue weighted by molar-refractivity contribution is 6.31. The fourth-order valence-electron chi connectivity index (χ4n) is 2.47. The number of rotatable bonds is 8. The van der Waals surface area contributed by atoms with E-state index in [9.17, 15) is 9.18 Å². The fourth-order valence-corrected chi connectivity index (χ4v) is 2.66. The number of benzene rings is 3. The molecule has 3 aromatic rings. The van der Waals surface area contributed by atoms with E-state index in [1.54, 1.807) is 30.3 Å². The van der Waals surface area contributed by atoms with Crippen LogP contribution >= 0.6 is 11.6 Å². The van der Waals surface area contributed by atoms with Gasteiger partial charge < -0.3 is 20.5 Å². The van der Waals surface area contributed by atoms with Crippen LogP contribution in [0.4, 0.5) is 10.1 Å². The minimum Gasteiger partial charge on any atom is -0.457 e. The van der Waals surface area contributed by atoms with Crippen LogP contribution in [0, 0.1) is 5.82 Å². The average molecular weight is 415 g/mol. The quantitative estimate of drug-likeness (QED) is 0.557. The van der Waals surface area contributed by atoms with Gasteiger partial charge in [0.25, 0.3) is 0 Å². The number of carbonyl (C=O) groups is 1. The second-order valence-electron chi connectivity index (χ2n) is 6.28. The van der Waals surface area contributed by atoms with Gasteiger partial charge in [-0.15, -0.1) is 0 Å². The van der Waals surface area contributed by atoms with Crippen molar-refractivity contribution in [1.82, 2.24) is 0 Å². The van der Waals surface area contributed by atoms with Crippen LogP contribution in [0.1, 0.15) is 5.56 Å². The van der Waals surface area contributed by atoms with Crippen molar-refractivity contribution in [3.05, 3.63) is 89.2 Å². The molecule has 29 heavy (non-hydrogen) atoms. The van der Waals surface area contributed by atoms with Crippen molar-refractivity contribution in [3.63, 3.8) is 0 Å². The molecule has 1 unspecified atom stereocenters. The van der Waals surface area contributed by atoms with Crippen molar-refractivity contribution < 1.29 is 18.7 Å². The Labute approximate surface area is 173 Å². The van der Waals surface area contributed by atoms with E-state index in [1.165, 1.54) is 24.3 Å². The lowest BCUT2D eigenvalue weighted by Crippen LogP contribution is -2.39. The van der Waals surface area contributed by atoms with Gasteiger partial charge in [-0.25, -0.2) is 4.39 Å². The van der Waals surface area contributed by atoms with E-state index < -0.39 is 6.04 Å². The molecule has 0 aliphatic carbocycles. The molecule has 7 heteroatoms. The number of amides is 1. The first-order valence-corrected chi connectivity index (χ1v) is 9.30. The smallest absolute Gasteiger partial charge is 0.243 e. The number of nitrogens with two attached hydrogens (primary N) is 1. The lowest BCUT2D eigenvalue weighted by Gasteiger charge is -2.13. The number of hydrogen-bond donors (Lipinski definition) is 2. The predicted molar refractivity (Wildman–Crippen MR) is 111 cm³/mol. The third kappa shape index (κ3) is 6.29. The Hall–Kier alpha value is -2.93. The minimum atomic E-state index is -0.826. The zero-order valence-corrected chi connectivity index (χ0v) is 16.2.